The zero-order chi connectivity index (χ0) is 42.5. The van der Waals surface area contributed by atoms with Crippen molar-refractivity contribution in [2.24, 2.45) is 0 Å². The van der Waals surface area contributed by atoms with E-state index in [0.717, 1.165) is 40.9 Å². The minimum atomic E-state index is -5.35. The Morgan fingerprint density at radius 2 is 0.825 bits per heavy atom. The topological polar surface area (TPSA) is 9.86 Å². The van der Waals surface area contributed by atoms with E-state index in [9.17, 15) is 0 Å². The zero-order valence-corrected chi connectivity index (χ0v) is 42.7. The molecule has 0 bridgehead atoms. The molecule has 0 atom stereocenters. The van der Waals surface area contributed by atoms with Gasteiger partial charge in [-0.2, -0.15) is 0 Å². The molecule has 2 aromatic carbocycles. The van der Waals surface area contributed by atoms with Crippen LogP contribution in [-0.4, -0.2) is 41.4 Å². The van der Waals surface area contributed by atoms with Crippen molar-refractivity contribution in [1.82, 2.24) is 9.13 Å². The van der Waals surface area contributed by atoms with Gasteiger partial charge in [0.05, 0.1) is 0 Å². The first kappa shape index (κ1) is 43.8. The molecule has 0 spiro atoms. The van der Waals surface area contributed by atoms with E-state index in [-0.39, 0.29) is 19.1 Å². The van der Waals surface area contributed by atoms with Gasteiger partial charge in [-0.05, 0) is 0 Å². The first-order chi connectivity index (χ1) is 26.2. The van der Waals surface area contributed by atoms with Gasteiger partial charge < -0.3 is 0 Å². The molecule has 4 aromatic rings. The Bertz CT molecular complexity index is 2270. The van der Waals surface area contributed by atoms with Crippen LogP contribution in [0.3, 0.4) is 0 Å². The molecule has 2 aromatic heterocycles. The SMILES string of the molecule is Cc1cc([Si](C)(C)C)c(C)n1-c1ccc(F)[c]([Ti]([C]2=C([Si](C)(C)C)C=CC2)([C]2=C([Si](C)(C)C)C=CC2)[c]2c(F)ccc(-n3c(C)cc([Si](C)(C)C)c3C)c2F)c1F. The molecule has 2 heterocycles. The van der Waals surface area contributed by atoms with Gasteiger partial charge in [0.15, 0.2) is 0 Å². The number of aryl methyl sites for hydroxylation is 2. The van der Waals surface area contributed by atoms with Gasteiger partial charge in [-0.1, -0.05) is 0 Å². The van der Waals surface area contributed by atoms with Crippen molar-refractivity contribution < 1.29 is 34.2 Å². The van der Waals surface area contributed by atoms with E-state index in [1.165, 1.54) is 34.6 Å². The van der Waals surface area contributed by atoms with E-state index >= 15 is 17.6 Å². The average molecular weight is 879 g/mol. The molecule has 0 unspecified atom stereocenters. The summed E-state index contributed by atoms with van der Waals surface area (Å²) < 4.78 is 78.1. The van der Waals surface area contributed by atoms with Crippen LogP contribution in [0.1, 0.15) is 35.6 Å². The number of benzene rings is 2. The normalized spacial score (nSPS) is 15.6. The summed E-state index contributed by atoms with van der Waals surface area (Å²) in [4.78, 5) is 0. The van der Waals surface area contributed by atoms with Crippen LogP contribution in [-0.2, 0) is 16.6 Å². The molecule has 2 aliphatic carbocycles. The van der Waals surface area contributed by atoms with Gasteiger partial charge in [0, 0.05) is 0 Å². The van der Waals surface area contributed by atoms with Crippen molar-refractivity contribution >= 4 is 50.4 Å². The van der Waals surface area contributed by atoms with E-state index in [4.69, 9.17) is 0 Å². The number of allylic oxidation sites excluding steroid dienone is 8. The maximum atomic E-state index is 18.7. The summed E-state index contributed by atoms with van der Waals surface area (Å²) in [6.45, 7) is 34.9. The van der Waals surface area contributed by atoms with Crippen molar-refractivity contribution in [1.29, 1.82) is 0 Å². The Morgan fingerprint density at radius 3 is 1.11 bits per heavy atom. The molecule has 0 fully saturated rings. The molecule has 6 rings (SSSR count). The molecule has 0 saturated carbocycles. The van der Waals surface area contributed by atoms with E-state index in [2.05, 4.69) is 115 Å². The van der Waals surface area contributed by atoms with Gasteiger partial charge in [0.2, 0.25) is 0 Å². The molecule has 304 valence electrons. The van der Waals surface area contributed by atoms with Gasteiger partial charge >= 0.3 is 349 Å². The molecular weight excluding hydrogens is 817 g/mol. The van der Waals surface area contributed by atoms with Crippen molar-refractivity contribution in [3.05, 3.63) is 125 Å². The minimum absolute atomic E-state index is 0.114. The number of halogens is 4. The maximum absolute atomic E-state index is 18.7. The van der Waals surface area contributed by atoms with E-state index in [1.54, 1.807) is 0 Å². The summed E-state index contributed by atoms with van der Waals surface area (Å²) in [6.07, 6.45) is 9.16. The van der Waals surface area contributed by atoms with Gasteiger partial charge in [-0.25, -0.2) is 0 Å². The van der Waals surface area contributed by atoms with E-state index < -0.39 is 72.2 Å². The Morgan fingerprint density at radius 1 is 0.491 bits per heavy atom. The zero-order valence-electron chi connectivity index (χ0n) is 37.1. The van der Waals surface area contributed by atoms with E-state index in [0.29, 0.717) is 12.8 Å². The van der Waals surface area contributed by atoms with Crippen molar-refractivity contribution in [3.8, 4) is 11.4 Å². The van der Waals surface area contributed by atoms with Crippen LogP contribution in [0, 0.1) is 51.0 Å². The van der Waals surface area contributed by atoms with E-state index in [1.807, 2.05) is 36.8 Å². The number of nitrogens with zero attached hydrogens (tertiary/aromatic N) is 2. The van der Waals surface area contributed by atoms with Gasteiger partial charge in [0.1, 0.15) is 0 Å². The third-order valence-electron chi connectivity index (χ3n) is 12.2. The predicted octanol–water partition coefficient (Wildman–Crippen LogP) is 11.4. The molecule has 0 saturated heterocycles. The summed E-state index contributed by atoms with van der Waals surface area (Å²) in [5.74, 6) is -2.88. The van der Waals surface area contributed by atoms with Crippen LogP contribution in [0.15, 0.2) is 78.9 Å². The van der Waals surface area contributed by atoms with Crippen LogP contribution < -0.4 is 18.1 Å². The molecule has 0 aliphatic heterocycles. The summed E-state index contributed by atoms with van der Waals surface area (Å²) in [5, 5.41) is 4.50. The monoisotopic (exact) mass is 878 g/mol. The molecule has 0 radical (unpaired) electrons. The third kappa shape index (κ3) is 7.22. The second kappa shape index (κ2) is 14.8. The first-order valence-corrected chi connectivity index (χ1v) is 37.5. The fraction of sp³-hybridized carbons (Fsp3) is 0.391. The van der Waals surface area contributed by atoms with Crippen LogP contribution in [0.5, 0.6) is 0 Å². The predicted molar refractivity (Wildman–Crippen MR) is 244 cm³/mol. The van der Waals surface area contributed by atoms with Crippen molar-refractivity contribution in [2.45, 2.75) is 119 Å². The summed E-state index contributed by atoms with van der Waals surface area (Å²) in [7, 11) is -8.23. The third-order valence-corrected chi connectivity index (χ3v) is 29.5. The Kier molecular flexibility index (Phi) is 11.4. The molecule has 0 amide bonds. The number of hydrogen-bond acceptors (Lipinski definition) is 0. The number of aromatic nitrogens is 2. The Labute approximate surface area is 346 Å². The summed E-state index contributed by atoms with van der Waals surface area (Å²) in [6, 6.07) is 10.1. The van der Waals surface area contributed by atoms with Crippen LogP contribution in [0.2, 0.25) is 78.6 Å². The van der Waals surface area contributed by atoms with Crippen molar-refractivity contribution in [3.63, 3.8) is 0 Å². The molecule has 57 heavy (non-hydrogen) atoms. The fourth-order valence-electron chi connectivity index (χ4n) is 9.94. The molecule has 11 heteroatoms. The second-order valence-electron chi connectivity index (χ2n) is 20.5. The van der Waals surface area contributed by atoms with Crippen LogP contribution in [0.25, 0.3) is 11.4 Å². The molecular formula is C46H62F4N2Si4Ti. The van der Waals surface area contributed by atoms with Gasteiger partial charge in [-0.3, -0.25) is 0 Å². The van der Waals surface area contributed by atoms with Gasteiger partial charge in [-0.15, -0.1) is 0 Å². The number of hydrogen-bond donors (Lipinski definition) is 0. The average Bonchev–Trinajstić information content (AvgIpc) is 3.87. The first-order valence-electron chi connectivity index (χ1n) is 20.3. The summed E-state index contributed by atoms with van der Waals surface area (Å²) >= 11 is -5.35. The van der Waals surface area contributed by atoms with Crippen LogP contribution in [0.4, 0.5) is 17.6 Å². The standard InChI is InChI=1S/2C15H18F2NSi.2C8H13Si.Ti/c2*1-10-8-15(19(3,4)5)11(2)18(10)14-7-6-12(16)9-13(14)17;2*1-9(2,3)8-6-4-5-7-8;/h2*6-8H,1-5H3;2*4,6H,5H2,1-3H3;. The van der Waals surface area contributed by atoms with Crippen molar-refractivity contribution in [2.75, 3.05) is 0 Å². The quantitative estimate of drug-likeness (QED) is 0.111. The Balaban J connectivity index is 1.91. The Hall–Kier alpha value is -2.74. The molecule has 2 aliphatic rings. The molecule has 0 N–H and O–H groups in total. The van der Waals surface area contributed by atoms with Gasteiger partial charge in [0.25, 0.3) is 0 Å². The molecule has 2 nitrogen and oxygen atoms in total. The van der Waals surface area contributed by atoms with Crippen LogP contribution >= 0.6 is 0 Å². The number of rotatable bonds is 10. The summed E-state index contributed by atoms with van der Waals surface area (Å²) in [5.41, 5.74) is 4.01. The second-order valence-corrected chi connectivity index (χ2v) is 46.4. The fourth-order valence-corrected chi connectivity index (χ4v) is 30.4.